The first-order valence-electron chi connectivity index (χ1n) is 6.72. The van der Waals surface area contributed by atoms with E-state index in [9.17, 15) is 0 Å². The van der Waals surface area contributed by atoms with Gasteiger partial charge in [-0.25, -0.2) is 0 Å². The van der Waals surface area contributed by atoms with E-state index in [4.69, 9.17) is 17.3 Å². The molecule has 94 valence electrons. The molecule has 1 aliphatic carbocycles. The van der Waals surface area contributed by atoms with Crippen molar-refractivity contribution in [2.75, 3.05) is 0 Å². The topological polar surface area (TPSA) is 26.0 Å². The molecule has 1 aromatic rings. The van der Waals surface area contributed by atoms with Gasteiger partial charge in [0.05, 0.1) is 0 Å². The molecule has 1 aromatic carbocycles. The van der Waals surface area contributed by atoms with Crippen molar-refractivity contribution in [3.05, 3.63) is 33.8 Å². The lowest BCUT2D eigenvalue weighted by molar-refractivity contribution is 0.623. The van der Waals surface area contributed by atoms with Gasteiger partial charge in [-0.3, -0.25) is 0 Å². The molecule has 0 bridgehead atoms. The van der Waals surface area contributed by atoms with Crippen LogP contribution in [0.4, 0.5) is 0 Å². The largest absolute Gasteiger partial charge is 0.328 e. The van der Waals surface area contributed by atoms with Crippen LogP contribution in [0.2, 0.25) is 5.02 Å². The summed E-state index contributed by atoms with van der Waals surface area (Å²) in [7, 11) is 0. The molecule has 1 atom stereocenters. The molecule has 0 heterocycles. The van der Waals surface area contributed by atoms with E-state index >= 15 is 0 Å². The van der Waals surface area contributed by atoms with Crippen LogP contribution in [0.5, 0.6) is 0 Å². The second-order valence-corrected chi connectivity index (χ2v) is 5.70. The Bertz CT molecular complexity index is 385. The van der Waals surface area contributed by atoms with E-state index in [-0.39, 0.29) is 0 Å². The van der Waals surface area contributed by atoms with Crippen molar-refractivity contribution in [3.8, 4) is 0 Å². The van der Waals surface area contributed by atoms with Crippen molar-refractivity contribution in [2.24, 2.45) is 5.73 Å². The van der Waals surface area contributed by atoms with Crippen molar-refractivity contribution in [2.45, 2.75) is 57.9 Å². The van der Waals surface area contributed by atoms with Gasteiger partial charge < -0.3 is 5.73 Å². The quantitative estimate of drug-likeness (QED) is 0.863. The van der Waals surface area contributed by atoms with Gasteiger partial charge in [0.2, 0.25) is 0 Å². The maximum absolute atomic E-state index is 6.35. The van der Waals surface area contributed by atoms with Gasteiger partial charge in [-0.05, 0) is 74.6 Å². The third-order valence-electron chi connectivity index (χ3n) is 3.62. The van der Waals surface area contributed by atoms with Gasteiger partial charge in [0.15, 0.2) is 0 Å². The second-order valence-electron chi connectivity index (χ2n) is 5.29. The molecule has 0 saturated carbocycles. The van der Waals surface area contributed by atoms with Crippen LogP contribution >= 0.6 is 11.6 Å². The molecule has 0 spiro atoms. The summed E-state index contributed by atoms with van der Waals surface area (Å²) in [6, 6.07) is 4.82. The fraction of sp³-hybridized carbons (Fsp3) is 0.600. The fourth-order valence-electron chi connectivity index (χ4n) is 2.61. The van der Waals surface area contributed by atoms with Crippen LogP contribution in [0.25, 0.3) is 0 Å². The summed E-state index contributed by atoms with van der Waals surface area (Å²) in [4.78, 5) is 0. The molecular weight excluding hydrogens is 230 g/mol. The summed E-state index contributed by atoms with van der Waals surface area (Å²) in [6.07, 6.45) is 8.35. The van der Waals surface area contributed by atoms with Crippen molar-refractivity contribution in [3.63, 3.8) is 0 Å². The third-order valence-corrected chi connectivity index (χ3v) is 3.97. The Morgan fingerprint density at radius 3 is 2.53 bits per heavy atom. The number of hydrogen-bond acceptors (Lipinski definition) is 1. The Hall–Kier alpha value is -0.530. The van der Waals surface area contributed by atoms with Crippen LogP contribution in [0.3, 0.4) is 0 Å². The maximum atomic E-state index is 6.35. The Morgan fingerprint density at radius 1 is 1.24 bits per heavy atom. The van der Waals surface area contributed by atoms with E-state index in [1.165, 1.54) is 42.4 Å². The minimum absolute atomic E-state index is 0.298. The van der Waals surface area contributed by atoms with E-state index < -0.39 is 0 Å². The molecule has 0 radical (unpaired) electrons. The number of benzene rings is 1. The predicted octanol–water partition coefficient (Wildman–Crippen LogP) is 3.89. The number of rotatable bonds is 4. The summed E-state index contributed by atoms with van der Waals surface area (Å²) >= 11 is 6.35. The first-order chi connectivity index (χ1) is 8.16. The molecule has 1 aliphatic rings. The van der Waals surface area contributed by atoms with Crippen LogP contribution in [0.1, 0.15) is 49.3 Å². The van der Waals surface area contributed by atoms with E-state index in [1.807, 2.05) is 0 Å². The highest BCUT2D eigenvalue weighted by Gasteiger charge is 2.12. The Morgan fingerprint density at radius 2 is 1.88 bits per heavy atom. The zero-order valence-corrected chi connectivity index (χ0v) is 11.4. The molecule has 0 saturated heterocycles. The number of nitrogens with two attached hydrogens (primary N) is 1. The van der Waals surface area contributed by atoms with Crippen molar-refractivity contribution in [1.29, 1.82) is 0 Å². The lowest BCUT2D eigenvalue weighted by Crippen LogP contribution is -2.14. The Balaban J connectivity index is 2.06. The lowest BCUT2D eigenvalue weighted by Gasteiger charge is -2.18. The predicted molar refractivity (Wildman–Crippen MR) is 74.7 cm³/mol. The highest BCUT2D eigenvalue weighted by molar-refractivity contribution is 6.31. The molecule has 0 amide bonds. The zero-order chi connectivity index (χ0) is 12.3. The Kier molecular flexibility index (Phi) is 4.47. The SMILES string of the molecule is CC(N)CCCc1cc2c(cc1Cl)CCCC2. The highest BCUT2D eigenvalue weighted by Crippen LogP contribution is 2.28. The van der Waals surface area contributed by atoms with E-state index in [2.05, 4.69) is 19.1 Å². The Labute approximate surface area is 109 Å². The summed E-state index contributed by atoms with van der Waals surface area (Å²) < 4.78 is 0. The molecule has 17 heavy (non-hydrogen) atoms. The van der Waals surface area contributed by atoms with Gasteiger partial charge in [-0.2, -0.15) is 0 Å². The van der Waals surface area contributed by atoms with Crippen LogP contribution in [0.15, 0.2) is 12.1 Å². The minimum atomic E-state index is 0.298. The molecular formula is C15H22ClN. The van der Waals surface area contributed by atoms with Gasteiger partial charge in [-0.1, -0.05) is 17.7 Å². The summed E-state index contributed by atoms with van der Waals surface area (Å²) in [5.41, 5.74) is 10.1. The first kappa shape index (κ1) is 12.9. The van der Waals surface area contributed by atoms with Crippen molar-refractivity contribution < 1.29 is 0 Å². The van der Waals surface area contributed by atoms with Gasteiger partial charge in [0.1, 0.15) is 0 Å². The smallest absolute Gasteiger partial charge is 0.0440 e. The normalized spacial score (nSPS) is 16.6. The highest BCUT2D eigenvalue weighted by atomic mass is 35.5. The second kappa shape index (κ2) is 5.88. The lowest BCUT2D eigenvalue weighted by atomic mass is 9.89. The summed E-state index contributed by atoms with van der Waals surface area (Å²) in [6.45, 7) is 2.06. The van der Waals surface area contributed by atoms with Crippen LogP contribution < -0.4 is 5.73 Å². The molecule has 0 fully saturated rings. The molecule has 2 N–H and O–H groups in total. The average Bonchev–Trinajstić information content (AvgIpc) is 2.29. The van der Waals surface area contributed by atoms with Gasteiger partial charge in [0, 0.05) is 11.1 Å². The minimum Gasteiger partial charge on any atom is -0.328 e. The van der Waals surface area contributed by atoms with Crippen molar-refractivity contribution in [1.82, 2.24) is 0 Å². The molecule has 1 unspecified atom stereocenters. The fourth-order valence-corrected chi connectivity index (χ4v) is 2.89. The maximum Gasteiger partial charge on any atom is 0.0440 e. The number of fused-ring (bicyclic) bond motifs is 1. The van der Waals surface area contributed by atoms with Gasteiger partial charge in [0.25, 0.3) is 0 Å². The summed E-state index contributed by atoms with van der Waals surface area (Å²) in [5, 5.41) is 0.954. The molecule has 2 heteroatoms. The average molecular weight is 252 g/mol. The first-order valence-corrected chi connectivity index (χ1v) is 7.10. The zero-order valence-electron chi connectivity index (χ0n) is 10.6. The monoisotopic (exact) mass is 251 g/mol. The van der Waals surface area contributed by atoms with Gasteiger partial charge in [-0.15, -0.1) is 0 Å². The van der Waals surface area contributed by atoms with Crippen LogP contribution in [-0.2, 0) is 19.3 Å². The van der Waals surface area contributed by atoms with Crippen LogP contribution in [0, 0.1) is 0 Å². The number of hydrogen-bond donors (Lipinski definition) is 1. The van der Waals surface area contributed by atoms with Gasteiger partial charge >= 0.3 is 0 Å². The van der Waals surface area contributed by atoms with Crippen molar-refractivity contribution >= 4 is 11.6 Å². The molecule has 0 aliphatic heterocycles. The number of aryl methyl sites for hydroxylation is 3. The molecule has 1 nitrogen and oxygen atoms in total. The molecule has 0 aromatic heterocycles. The van der Waals surface area contributed by atoms with E-state index in [0.717, 1.165) is 24.3 Å². The third kappa shape index (κ3) is 3.46. The van der Waals surface area contributed by atoms with E-state index in [0.29, 0.717) is 6.04 Å². The molecule has 2 rings (SSSR count). The summed E-state index contributed by atoms with van der Waals surface area (Å²) in [5.74, 6) is 0. The van der Waals surface area contributed by atoms with E-state index in [1.54, 1.807) is 0 Å². The van der Waals surface area contributed by atoms with Crippen LogP contribution in [-0.4, -0.2) is 6.04 Å². The number of halogens is 1. The standard InChI is InChI=1S/C15H22ClN/c1-11(17)5-4-8-14-9-12-6-2-3-7-13(12)10-15(14)16/h9-11H,2-8,17H2,1H3.